The van der Waals surface area contributed by atoms with E-state index in [1.54, 1.807) is 18.2 Å². The second kappa shape index (κ2) is 10.1. The molecule has 3 N–H and O–H groups in total. The van der Waals surface area contributed by atoms with Crippen LogP contribution in [-0.2, 0) is 16.1 Å². The molecule has 2 aromatic carbocycles. The number of nitrogens with zero attached hydrogens (tertiary/aromatic N) is 1. The third-order valence-electron chi connectivity index (χ3n) is 5.64. The molecule has 8 heteroatoms. The smallest absolute Gasteiger partial charge is 0.248 e. The zero-order chi connectivity index (χ0) is 22.5. The summed E-state index contributed by atoms with van der Waals surface area (Å²) < 4.78 is 11.1. The van der Waals surface area contributed by atoms with E-state index in [-0.39, 0.29) is 17.7 Å². The van der Waals surface area contributed by atoms with Crippen LogP contribution < -0.4 is 20.5 Å². The highest BCUT2D eigenvalue weighted by Crippen LogP contribution is 2.38. The third-order valence-corrected chi connectivity index (χ3v) is 5.92. The van der Waals surface area contributed by atoms with E-state index >= 15 is 0 Å². The minimum Gasteiger partial charge on any atom is -0.486 e. The zero-order valence-electron chi connectivity index (χ0n) is 17.7. The number of primary amides is 1. The first-order chi connectivity index (χ1) is 15.5. The van der Waals surface area contributed by atoms with Gasteiger partial charge >= 0.3 is 0 Å². The lowest BCUT2D eigenvalue weighted by Gasteiger charge is -2.30. The number of rotatable bonds is 6. The van der Waals surface area contributed by atoms with Gasteiger partial charge in [0, 0.05) is 24.2 Å². The molecule has 2 aliphatic heterocycles. The van der Waals surface area contributed by atoms with Crippen molar-refractivity contribution in [2.75, 3.05) is 31.6 Å². The number of carbonyl (C=O) groups excluding carboxylic acids is 2. The van der Waals surface area contributed by atoms with E-state index in [9.17, 15) is 9.59 Å². The molecule has 2 amide bonds. The lowest BCUT2D eigenvalue weighted by Crippen LogP contribution is -2.38. The van der Waals surface area contributed by atoms with Gasteiger partial charge in [-0.15, -0.1) is 0 Å². The molecule has 1 saturated heterocycles. The van der Waals surface area contributed by atoms with Crippen molar-refractivity contribution >= 4 is 35.2 Å². The van der Waals surface area contributed by atoms with Gasteiger partial charge in [-0.2, -0.15) is 0 Å². The van der Waals surface area contributed by atoms with Crippen molar-refractivity contribution in [3.05, 3.63) is 58.6 Å². The molecule has 2 heterocycles. The van der Waals surface area contributed by atoms with Crippen LogP contribution in [0.5, 0.6) is 11.5 Å². The highest BCUT2D eigenvalue weighted by Gasteiger charge is 2.23. The number of fused-ring (bicyclic) bond motifs is 1. The van der Waals surface area contributed by atoms with E-state index in [0.29, 0.717) is 29.7 Å². The molecular formula is C24H26ClN3O4. The van der Waals surface area contributed by atoms with Crippen LogP contribution in [-0.4, -0.2) is 43.0 Å². The van der Waals surface area contributed by atoms with Gasteiger partial charge < -0.3 is 20.5 Å². The minimum absolute atomic E-state index is 0.0206. The number of carbonyl (C=O) groups is 2. The first-order valence-corrected chi connectivity index (χ1v) is 11.0. The van der Waals surface area contributed by atoms with Gasteiger partial charge in [-0.05, 0) is 67.4 Å². The lowest BCUT2D eigenvalue weighted by molar-refractivity contribution is -0.123. The summed E-state index contributed by atoms with van der Waals surface area (Å²) in [5.74, 6) is 0.649. The Balaban J connectivity index is 1.34. The van der Waals surface area contributed by atoms with E-state index < -0.39 is 0 Å². The maximum atomic E-state index is 12.4. The van der Waals surface area contributed by atoms with Crippen LogP contribution >= 0.6 is 11.6 Å². The van der Waals surface area contributed by atoms with E-state index in [0.717, 1.165) is 49.3 Å². The van der Waals surface area contributed by atoms with Crippen LogP contribution in [0.15, 0.2) is 42.5 Å². The standard InChI is InChI=1S/C24H26ClN3O4/c25-20-13-16(14-21-23(20)32-11-10-31-21)4-5-22(29)27-19-3-1-2-17(12-19)15-28-8-6-18(7-9-28)24(26)30/h1-5,12-14,18H,6-11,15H2,(H2,26,30)(H,27,29). The molecule has 0 aromatic heterocycles. The maximum absolute atomic E-state index is 12.4. The van der Waals surface area contributed by atoms with E-state index in [1.807, 2.05) is 24.3 Å². The number of halogens is 1. The Bertz CT molecular complexity index is 1030. The summed E-state index contributed by atoms with van der Waals surface area (Å²) in [5, 5.41) is 3.35. The molecule has 32 heavy (non-hydrogen) atoms. The Hall–Kier alpha value is -3.03. The summed E-state index contributed by atoms with van der Waals surface area (Å²) in [6.45, 7) is 3.38. The Morgan fingerprint density at radius 3 is 2.72 bits per heavy atom. The first kappa shape index (κ1) is 22.2. The third kappa shape index (κ3) is 5.60. The van der Waals surface area contributed by atoms with Gasteiger partial charge in [0.25, 0.3) is 0 Å². The topological polar surface area (TPSA) is 93.9 Å². The molecule has 1 fully saturated rings. The number of hydrogen-bond acceptors (Lipinski definition) is 5. The molecule has 0 spiro atoms. The maximum Gasteiger partial charge on any atom is 0.248 e. The Morgan fingerprint density at radius 2 is 1.94 bits per heavy atom. The number of piperidine rings is 1. The van der Waals surface area contributed by atoms with Crippen LogP contribution in [0.2, 0.25) is 5.02 Å². The second-order valence-corrected chi connectivity index (χ2v) is 8.41. The van der Waals surface area contributed by atoms with Crippen molar-refractivity contribution < 1.29 is 19.1 Å². The van der Waals surface area contributed by atoms with Crippen molar-refractivity contribution in [3.63, 3.8) is 0 Å². The Kier molecular flexibility index (Phi) is 6.97. The fourth-order valence-electron chi connectivity index (χ4n) is 3.96. The van der Waals surface area contributed by atoms with Crippen LogP contribution in [0, 0.1) is 5.92 Å². The minimum atomic E-state index is -0.240. The summed E-state index contributed by atoms with van der Waals surface area (Å²) in [4.78, 5) is 26.0. The lowest BCUT2D eigenvalue weighted by atomic mass is 9.96. The van der Waals surface area contributed by atoms with Crippen LogP contribution in [0.3, 0.4) is 0 Å². The van der Waals surface area contributed by atoms with Gasteiger partial charge in [0.05, 0.1) is 5.02 Å². The largest absolute Gasteiger partial charge is 0.486 e. The fourth-order valence-corrected chi connectivity index (χ4v) is 4.24. The van der Waals surface area contributed by atoms with Crippen LogP contribution in [0.1, 0.15) is 24.0 Å². The number of ether oxygens (including phenoxy) is 2. The first-order valence-electron chi connectivity index (χ1n) is 10.7. The number of hydrogen-bond donors (Lipinski definition) is 2. The molecule has 7 nitrogen and oxygen atoms in total. The predicted molar refractivity (Wildman–Crippen MR) is 124 cm³/mol. The fraction of sp³-hybridized carbons (Fsp3) is 0.333. The van der Waals surface area contributed by atoms with Crippen LogP contribution in [0.4, 0.5) is 5.69 Å². The van der Waals surface area contributed by atoms with Crippen LogP contribution in [0.25, 0.3) is 6.08 Å². The Labute approximate surface area is 192 Å². The molecular weight excluding hydrogens is 430 g/mol. The summed E-state index contributed by atoms with van der Waals surface area (Å²) in [7, 11) is 0. The van der Waals surface area contributed by atoms with Crippen molar-refractivity contribution in [2.45, 2.75) is 19.4 Å². The average molecular weight is 456 g/mol. The SMILES string of the molecule is NC(=O)C1CCN(Cc2cccc(NC(=O)C=Cc3cc(Cl)c4c(c3)OCCO4)c2)CC1. The van der Waals surface area contributed by atoms with Gasteiger partial charge in [0.1, 0.15) is 13.2 Å². The van der Waals surface area contributed by atoms with Crippen molar-refractivity contribution in [3.8, 4) is 11.5 Å². The quantitative estimate of drug-likeness (QED) is 0.650. The summed E-state index contributed by atoms with van der Waals surface area (Å²) in [6.07, 6.45) is 4.73. The molecule has 0 bridgehead atoms. The Morgan fingerprint density at radius 1 is 1.16 bits per heavy atom. The predicted octanol–water partition coefficient (Wildman–Crippen LogP) is 3.46. The number of anilines is 1. The number of nitrogens with one attached hydrogen (secondary N) is 1. The van der Waals surface area contributed by atoms with Gasteiger partial charge in [0.15, 0.2) is 11.5 Å². The molecule has 0 radical (unpaired) electrons. The summed E-state index contributed by atoms with van der Waals surface area (Å²) >= 11 is 6.25. The van der Waals surface area contributed by atoms with E-state index in [2.05, 4.69) is 10.2 Å². The van der Waals surface area contributed by atoms with E-state index in [1.165, 1.54) is 6.08 Å². The molecule has 0 unspecified atom stereocenters. The molecule has 0 aliphatic carbocycles. The molecule has 4 rings (SSSR count). The molecule has 2 aromatic rings. The molecule has 0 saturated carbocycles. The average Bonchev–Trinajstić information content (AvgIpc) is 2.78. The zero-order valence-corrected chi connectivity index (χ0v) is 18.4. The van der Waals surface area contributed by atoms with Gasteiger partial charge in [-0.1, -0.05) is 23.7 Å². The second-order valence-electron chi connectivity index (χ2n) is 8.00. The molecule has 0 atom stereocenters. The number of nitrogens with two attached hydrogens (primary N) is 1. The number of amides is 2. The van der Waals surface area contributed by atoms with Crippen molar-refractivity contribution in [1.29, 1.82) is 0 Å². The normalized spacial score (nSPS) is 16.8. The van der Waals surface area contributed by atoms with Crippen molar-refractivity contribution in [2.24, 2.45) is 11.7 Å². The highest BCUT2D eigenvalue weighted by atomic mass is 35.5. The highest BCUT2D eigenvalue weighted by molar-refractivity contribution is 6.32. The van der Waals surface area contributed by atoms with Gasteiger partial charge in [-0.25, -0.2) is 0 Å². The summed E-state index contributed by atoms with van der Waals surface area (Å²) in [6, 6.07) is 11.3. The number of benzene rings is 2. The monoisotopic (exact) mass is 455 g/mol. The van der Waals surface area contributed by atoms with Gasteiger partial charge in [0.2, 0.25) is 11.8 Å². The van der Waals surface area contributed by atoms with E-state index in [4.69, 9.17) is 26.8 Å². The number of likely N-dealkylation sites (tertiary alicyclic amines) is 1. The summed E-state index contributed by atoms with van der Waals surface area (Å²) in [5.41, 5.74) is 7.99. The van der Waals surface area contributed by atoms with Gasteiger partial charge in [-0.3, -0.25) is 14.5 Å². The van der Waals surface area contributed by atoms with Crippen molar-refractivity contribution in [1.82, 2.24) is 4.90 Å². The molecule has 168 valence electrons. The molecule has 2 aliphatic rings.